The first kappa shape index (κ1) is 15.5. The van der Waals surface area contributed by atoms with E-state index in [0.717, 1.165) is 23.5 Å². The van der Waals surface area contributed by atoms with Gasteiger partial charge in [-0.3, -0.25) is 4.79 Å². The van der Waals surface area contributed by atoms with E-state index in [4.69, 9.17) is 5.11 Å². The molecule has 7 heteroatoms. The molecule has 0 saturated heterocycles. The smallest absolute Gasteiger partial charge is 0.263 e. The Morgan fingerprint density at radius 3 is 2.86 bits per heavy atom. The van der Waals surface area contributed by atoms with Gasteiger partial charge in [0.2, 0.25) is 0 Å². The lowest BCUT2D eigenvalue weighted by Crippen LogP contribution is -2.32. The van der Waals surface area contributed by atoms with Gasteiger partial charge in [-0.25, -0.2) is 13.8 Å². The molecule has 112 valence electrons. The molecule has 1 amide bonds. The molecule has 0 fully saturated rings. The molecule has 21 heavy (non-hydrogen) atoms. The van der Waals surface area contributed by atoms with Crippen LogP contribution in [0.15, 0.2) is 24.4 Å². The fourth-order valence-electron chi connectivity index (χ4n) is 1.70. The van der Waals surface area contributed by atoms with Crippen molar-refractivity contribution >= 4 is 17.2 Å². The quantitative estimate of drug-likeness (QED) is 0.892. The average molecular weight is 312 g/mol. The molecule has 0 aliphatic rings. The van der Waals surface area contributed by atoms with E-state index in [1.807, 2.05) is 0 Å². The third kappa shape index (κ3) is 3.83. The predicted molar refractivity (Wildman–Crippen MR) is 76.1 cm³/mol. The Bertz CT molecular complexity index is 646. The summed E-state index contributed by atoms with van der Waals surface area (Å²) in [7, 11) is 0. The Labute approximate surface area is 124 Å². The van der Waals surface area contributed by atoms with Gasteiger partial charge in [0, 0.05) is 18.2 Å². The number of thiazole rings is 1. The molecule has 0 aliphatic heterocycles. The normalized spacial score (nSPS) is 12.2. The number of carbonyl (C=O) groups excluding carboxylic acids is 1. The number of amides is 1. The highest BCUT2D eigenvalue weighted by Crippen LogP contribution is 2.26. The van der Waals surface area contributed by atoms with Crippen LogP contribution in [0.4, 0.5) is 8.78 Å². The molecule has 1 aromatic carbocycles. The van der Waals surface area contributed by atoms with E-state index in [9.17, 15) is 13.6 Å². The SMILES string of the molecule is C[C@H](CCO)NC(=O)c1cnc(-c2ccc(F)c(F)c2)s1. The molecule has 0 radical (unpaired) electrons. The molecular weight excluding hydrogens is 298 g/mol. The summed E-state index contributed by atoms with van der Waals surface area (Å²) in [5.41, 5.74) is 0.418. The van der Waals surface area contributed by atoms with Crippen LogP contribution in [-0.4, -0.2) is 28.6 Å². The van der Waals surface area contributed by atoms with Crippen molar-refractivity contribution in [3.63, 3.8) is 0 Å². The molecule has 0 bridgehead atoms. The highest BCUT2D eigenvalue weighted by Gasteiger charge is 2.14. The van der Waals surface area contributed by atoms with Crippen LogP contribution in [0.2, 0.25) is 0 Å². The van der Waals surface area contributed by atoms with Crippen LogP contribution in [-0.2, 0) is 0 Å². The van der Waals surface area contributed by atoms with Gasteiger partial charge in [-0.1, -0.05) is 0 Å². The van der Waals surface area contributed by atoms with Crippen molar-refractivity contribution in [3.8, 4) is 10.6 Å². The molecule has 0 saturated carbocycles. The van der Waals surface area contributed by atoms with Crippen molar-refractivity contribution in [2.75, 3.05) is 6.61 Å². The van der Waals surface area contributed by atoms with Crippen molar-refractivity contribution < 1.29 is 18.7 Å². The van der Waals surface area contributed by atoms with Crippen LogP contribution in [0.5, 0.6) is 0 Å². The molecule has 1 heterocycles. The second-order valence-corrected chi connectivity index (χ2v) is 5.58. The van der Waals surface area contributed by atoms with E-state index < -0.39 is 11.6 Å². The predicted octanol–water partition coefficient (Wildman–Crippen LogP) is 2.59. The van der Waals surface area contributed by atoms with Gasteiger partial charge in [-0.05, 0) is 31.5 Å². The average Bonchev–Trinajstić information content (AvgIpc) is 2.92. The van der Waals surface area contributed by atoms with E-state index >= 15 is 0 Å². The molecule has 1 atom stereocenters. The third-order valence-corrected chi connectivity index (χ3v) is 3.88. The topological polar surface area (TPSA) is 62.2 Å². The van der Waals surface area contributed by atoms with Crippen molar-refractivity contribution in [2.45, 2.75) is 19.4 Å². The molecule has 0 unspecified atom stereocenters. The number of hydrogen-bond donors (Lipinski definition) is 2. The summed E-state index contributed by atoms with van der Waals surface area (Å²) >= 11 is 1.09. The molecule has 1 aromatic heterocycles. The van der Waals surface area contributed by atoms with Crippen molar-refractivity contribution in [1.82, 2.24) is 10.3 Å². The van der Waals surface area contributed by atoms with Crippen molar-refractivity contribution in [3.05, 3.63) is 40.9 Å². The number of halogens is 2. The number of aliphatic hydroxyl groups excluding tert-OH is 1. The number of nitrogens with one attached hydrogen (secondary N) is 1. The highest BCUT2D eigenvalue weighted by molar-refractivity contribution is 7.16. The molecule has 0 spiro atoms. The Balaban J connectivity index is 2.13. The maximum atomic E-state index is 13.2. The summed E-state index contributed by atoms with van der Waals surface area (Å²) in [6, 6.07) is 3.32. The number of rotatable bonds is 5. The summed E-state index contributed by atoms with van der Waals surface area (Å²) in [6.07, 6.45) is 1.85. The van der Waals surface area contributed by atoms with Gasteiger partial charge in [0.05, 0.1) is 6.20 Å². The van der Waals surface area contributed by atoms with E-state index in [-0.39, 0.29) is 18.6 Å². The number of nitrogens with zero attached hydrogens (tertiary/aromatic N) is 1. The van der Waals surface area contributed by atoms with Crippen molar-refractivity contribution in [1.29, 1.82) is 0 Å². The summed E-state index contributed by atoms with van der Waals surface area (Å²) in [5.74, 6) is -2.18. The minimum Gasteiger partial charge on any atom is -0.396 e. The number of benzene rings is 1. The van der Waals surface area contributed by atoms with E-state index in [0.29, 0.717) is 21.9 Å². The Morgan fingerprint density at radius 2 is 2.19 bits per heavy atom. The lowest BCUT2D eigenvalue weighted by atomic mass is 10.2. The van der Waals surface area contributed by atoms with Gasteiger partial charge in [0.25, 0.3) is 5.91 Å². The fourth-order valence-corrected chi connectivity index (χ4v) is 2.52. The lowest BCUT2D eigenvalue weighted by molar-refractivity contribution is 0.0938. The first-order valence-corrected chi connectivity index (χ1v) is 7.16. The molecule has 2 rings (SSSR count). The van der Waals surface area contributed by atoms with E-state index in [1.54, 1.807) is 6.92 Å². The van der Waals surface area contributed by atoms with Crippen LogP contribution in [0.25, 0.3) is 10.6 Å². The minimum atomic E-state index is -0.953. The monoisotopic (exact) mass is 312 g/mol. The summed E-state index contributed by atoms with van der Waals surface area (Å²) in [5, 5.41) is 12.0. The van der Waals surface area contributed by atoms with Crippen LogP contribution in [0, 0.1) is 11.6 Å². The summed E-state index contributed by atoms with van der Waals surface area (Å²) in [4.78, 5) is 16.4. The second-order valence-electron chi connectivity index (χ2n) is 4.55. The first-order chi connectivity index (χ1) is 10.0. The summed E-state index contributed by atoms with van der Waals surface area (Å²) in [6.45, 7) is 1.77. The zero-order valence-electron chi connectivity index (χ0n) is 11.3. The fraction of sp³-hybridized carbons (Fsp3) is 0.286. The van der Waals surface area contributed by atoms with Gasteiger partial charge < -0.3 is 10.4 Å². The van der Waals surface area contributed by atoms with E-state index in [1.165, 1.54) is 12.3 Å². The Morgan fingerprint density at radius 1 is 1.43 bits per heavy atom. The number of carbonyl (C=O) groups is 1. The standard InChI is InChI=1S/C14H14F2N2O2S/c1-8(4-5-19)18-13(20)12-7-17-14(21-12)9-2-3-10(15)11(16)6-9/h2-3,6-8,19H,4-5H2,1H3,(H,18,20)/t8-/m1/s1. The van der Waals surface area contributed by atoms with Gasteiger partial charge in [0.15, 0.2) is 11.6 Å². The molecule has 0 aliphatic carbocycles. The van der Waals surface area contributed by atoms with Crippen LogP contribution in [0.3, 0.4) is 0 Å². The van der Waals surface area contributed by atoms with Gasteiger partial charge in [-0.15, -0.1) is 11.3 Å². The summed E-state index contributed by atoms with van der Waals surface area (Å²) < 4.78 is 26.1. The van der Waals surface area contributed by atoms with Crippen LogP contribution in [0.1, 0.15) is 23.0 Å². The van der Waals surface area contributed by atoms with Gasteiger partial charge >= 0.3 is 0 Å². The largest absolute Gasteiger partial charge is 0.396 e. The third-order valence-electron chi connectivity index (χ3n) is 2.84. The first-order valence-electron chi connectivity index (χ1n) is 6.34. The van der Waals surface area contributed by atoms with Crippen LogP contribution < -0.4 is 5.32 Å². The number of aromatic nitrogens is 1. The maximum absolute atomic E-state index is 13.2. The maximum Gasteiger partial charge on any atom is 0.263 e. The Kier molecular flexibility index (Phi) is 4.98. The van der Waals surface area contributed by atoms with Gasteiger partial charge in [0.1, 0.15) is 9.88 Å². The lowest BCUT2D eigenvalue weighted by Gasteiger charge is -2.10. The second kappa shape index (κ2) is 6.73. The van der Waals surface area contributed by atoms with Crippen molar-refractivity contribution in [2.24, 2.45) is 0 Å². The molecular formula is C14H14F2N2O2S. The molecule has 2 aromatic rings. The zero-order valence-corrected chi connectivity index (χ0v) is 12.1. The van der Waals surface area contributed by atoms with E-state index in [2.05, 4.69) is 10.3 Å². The zero-order chi connectivity index (χ0) is 15.4. The van der Waals surface area contributed by atoms with Gasteiger partial charge in [-0.2, -0.15) is 0 Å². The Hall–Kier alpha value is -1.86. The molecule has 4 nitrogen and oxygen atoms in total. The minimum absolute atomic E-state index is 0.00968. The van der Waals surface area contributed by atoms with Crippen LogP contribution >= 0.6 is 11.3 Å². The molecule has 2 N–H and O–H groups in total. The number of hydrogen-bond acceptors (Lipinski definition) is 4. The highest BCUT2D eigenvalue weighted by atomic mass is 32.1. The number of aliphatic hydroxyl groups is 1.